The molecule has 0 bridgehead atoms. The lowest BCUT2D eigenvalue weighted by Crippen LogP contribution is -2.35. The van der Waals surface area contributed by atoms with Crippen molar-refractivity contribution in [3.8, 4) is 11.5 Å². The van der Waals surface area contributed by atoms with Crippen molar-refractivity contribution in [2.75, 3.05) is 26.2 Å². The summed E-state index contributed by atoms with van der Waals surface area (Å²) in [6.45, 7) is 8.04. The average molecular weight is 538 g/mol. The van der Waals surface area contributed by atoms with Crippen LogP contribution in [-0.2, 0) is 11.1 Å². The Morgan fingerprint density at radius 3 is 1.84 bits per heavy atom. The van der Waals surface area contributed by atoms with E-state index in [9.17, 15) is 9.59 Å². The monoisotopic (exact) mass is 538 g/mol. The fraction of sp³-hybridized carbons (Fsp3) is 0.417. The molecule has 168 valence electrons. The number of carbonyl (C=O) groups is 2. The van der Waals surface area contributed by atoms with Crippen LogP contribution in [0.5, 0.6) is 11.5 Å². The standard InChI is InChI=1S/C12H15NO2.C11H13NO2.CH3I/c1-12(2)8-6-5-7-9(15-4)10(8)11(14)13(12)3;1-11(2)7-5-4-6-8(14-3)9(7)10(13)12-11;1-2/h5-7H,1-4H3;4-6H,1-3H3,(H,12,13);1H3. The first kappa shape index (κ1) is 25.0. The molecule has 2 aliphatic heterocycles. The molecule has 0 unspecified atom stereocenters. The number of methoxy groups -OCH3 is 2. The number of hydrogen-bond donors (Lipinski definition) is 1. The maximum Gasteiger partial charge on any atom is 0.258 e. The quantitative estimate of drug-likeness (QED) is 0.443. The van der Waals surface area contributed by atoms with E-state index >= 15 is 0 Å². The number of nitrogens with one attached hydrogen (secondary N) is 1. The van der Waals surface area contributed by atoms with Crippen molar-refractivity contribution >= 4 is 34.4 Å². The predicted octanol–water partition coefficient (Wildman–Crippen LogP) is 4.74. The number of alkyl halides is 1. The first-order chi connectivity index (χ1) is 14.6. The molecule has 2 aromatic carbocycles. The van der Waals surface area contributed by atoms with Crippen LogP contribution in [0.2, 0.25) is 0 Å². The summed E-state index contributed by atoms with van der Waals surface area (Å²) in [5, 5.41) is 2.91. The van der Waals surface area contributed by atoms with Crippen LogP contribution in [0.1, 0.15) is 59.5 Å². The maximum atomic E-state index is 12.0. The molecule has 0 saturated carbocycles. The Kier molecular flexibility index (Phi) is 7.62. The van der Waals surface area contributed by atoms with Gasteiger partial charge >= 0.3 is 0 Å². The number of amides is 2. The summed E-state index contributed by atoms with van der Waals surface area (Å²) in [6.07, 6.45) is 0. The van der Waals surface area contributed by atoms with Gasteiger partial charge in [-0.25, -0.2) is 0 Å². The highest BCUT2D eigenvalue weighted by Gasteiger charge is 2.42. The topological polar surface area (TPSA) is 67.9 Å². The number of benzene rings is 2. The lowest BCUT2D eigenvalue weighted by atomic mass is 9.94. The number of hydrogen-bond acceptors (Lipinski definition) is 4. The second kappa shape index (κ2) is 9.46. The lowest BCUT2D eigenvalue weighted by Gasteiger charge is -2.28. The van der Waals surface area contributed by atoms with Crippen LogP contribution in [0.15, 0.2) is 36.4 Å². The van der Waals surface area contributed by atoms with Crippen molar-refractivity contribution < 1.29 is 19.1 Å². The van der Waals surface area contributed by atoms with E-state index < -0.39 is 0 Å². The van der Waals surface area contributed by atoms with Gasteiger partial charge < -0.3 is 19.7 Å². The van der Waals surface area contributed by atoms with Gasteiger partial charge in [0.15, 0.2) is 0 Å². The van der Waals surface area contributed by atoms with Gasteiger partial charge in [-0.15, -0.1) is 0 Å². The highest BCUT2D eigenvalue weighted by Crippen LogP contribution is 2.41. The van der Waals surface area contributed by atoms with Crippen molar-refractivity contribution in [3.05, 3.63) is 58.7 Å². The van der Waals surface area contributed by atoms with E-state index in [0.717, 1.165) is 11.1 Å². The van der Waals surface area contributed by atoms with Crippen molar-refractivity contribution in [1.29, 1.82) is 0 Å². The van der Waals surface area contributed by atoms with Crippen LogP contribution < -0.4 is 14.8 Å². The van der Waals surface area contributed by atoms with E-state index in [1.807, 2.05) is 70.0 Å². The van der Waals surface area contributed by atoms with Crippen LogP contribution in [0.4, 0.5) is 0 Å². The molecule has 2 aliphatic rings. The number of ether oxygens (including phenoxy) is 2. The van der Waals surface area contributed by atoms with E-state index in [2.05, 4.69) is 27.9 Å². The zero-order valence-electron chi connectivity index (χ0n) is 19.4. The van der Waals surface area contributed by atoms with Gasteiger partial charge in [0.25, 0.3) is 11.8 Å². The molecule has 0 atom stereocenters. The fourth-order valence-corrected chi connectivity index (χ4v) is 3.90. The maximum absolute atomic E-state index is 12.0. The second-order valence-electron chi connectivity index (χ2n) is 8.27. The normalized spacial score (nSPS) is 16.7. The van der Waals surface area contributed by atoms with Crippen molar-refractivity contribution in [1.82, 2.24) is 10.2 Å². The minimum absolute atomic E-state index is 0.0347. The van der Waals surface area contributed by atoms with Gasteiger partial charge in [-0.3, -0.25) is 9.59 Å². The van der Waals surface area contributed by atoms with Crippen LogP contribution in [0.3, 0.4) is 0 Å². The van der Waals surface area contributed by atoms with Crippen LogP contribution in [0.25, 0.3) is 0 Å². The minimum Gasteiger partial charge on any atom is -0.496 e. The van der Waals surface area contributed by atoms with E-state index in [0.29, 0.717) is 22.6 Å². The molecule has 2 aromatic rings. The number of carbonyl (C=O) groups excluding carboxylic acids is 2. The van der Waals surface area contributed by atoms with E-state index in [1.165, 1.54) is 0 Å². The van der Waals surface area contributed by atoms with E-state index in [4.69, 9.17) is 9.47 Å². The zero-order valence-corrected chi connectivity index (χ0v) is 21.6. The summed E-state index contributed by atoms with van der Waals surface area (Å²) in [6, 6.07) is 11.4. The third-order valence-corrected chi connectivity index (χ3v) is 5.83. The fourth-order valence-electron chi connectivity index (χ4n) is 3.90. The van der Waals surface area contributed by atoms with Gasteiger partial charge in [-0.1, -0.05) is 46.9 Å². The first-order valence-corrected chi connectivity index (χ1v) is 12.1. The van der Waals surface area contributed by atoms with Crippen molar-refractivity contribution in [2.45, 2.75) is 38.8 Å². The Hall–Kier alpha value is -2.29. The average Bonchev–Trinajstić information content (AvgIpc) is 3.11. The van der Waals surface area contributed by atoms with Crippen molar-refractivity contribution in [2.24, 2.45) is 0 Å². The van der Waals surface area contributed by atoms with Crippen LogP contribution in [0, 0.1) is 0 Å². The Balaban J connectivity index is 0.000000204. The molecular formula is C24H31IN2O4. The number of rotatable bonds is 2. The predicted molar refractivity (Wildman–Crippen MR) is 132 cm³/mol. The van der Waals surface area contributed by atoms with Gasteiger partial charge in [0.1, 0.15) is 11.5 Å². The van der Waals surface area contributed by atoms with Gasteiger partial charge in [0.2, 0.25) is 0 Å². The van der Waals surface area contributed by atoms with Gasteiger partial charge in [0, 0.05) is 7.05 Å². The molecule has 0 spiro atoms. The number of halogens is 1. The molecule has 4 rings (SSSR count). The van der Waals surface area contributed by atoms with E-state index in [-0.39, 0.29) is 22.9 Å². The summed E-state index contributed by atoms with van der Waals surface area (Å²) in [5.41, 5.74) is 2.87. The zero-order chi connectivity index (χ0) is 23.6. The van der Waals surface area contributed by atoms with Gasteiger partial charge in [-0.2, -0.15) is 0 Å². The third kappa shape index (κ3) is 4.37. The second-order valence-corrected chi connectivity index (χ2v) is 8.27. The summed E-state index contributed by atoms with van der Waals surface area (Å²) < 4.78 is 10.4. The molecule has 2 amide bonds. The van der Waals surface area contributed by atoms with Crippen LogP contribution >= 0.6 is 22.6 Å². The smallest absolute Gasteiger partial charge is 0.258 e. The Morgan fingerprint density at radius 2 is 1.32 bits per heavy atom. The first-order valence-electron chi connectivity index (χ1n) is 9.89. The molecule has 31 heavy (non-hydrogen) atoms. The molecule has 0 fully saturated rings. The summed E-state index contributed by atoms with van der Waals surface area (Å²) >= 11 is 2.15. The minimum atomic E-state index is -0.291. The van der Waals surface area contributed by atoms with Crippen LogP contribution in [-0.4, -0.2) is 42.9 Å². The summed E-state index contributed by atoms with van der Waals surface area (Å²) in [5.74, 6) is 1.29. The lowest BCUT2D eigenvalue weighted by molar-refractivity contribution is 0.0689. The Labute approximate surface area is 198 Å². The van der Waals surface area contributed by atoms with Crippen molar-refractivity contribution in [3.63, 3.8) is 0 Å². The summed E-state index contributed by atoms with van der Waals surface area (Å²) in [7, 11) is 4.99. The Morgan fingerprint density at radius 1 is 0.839 bits per heavy atom. The molecule has 0 aromatic heterocycles. The molecule has 0 aliphatic carbocycles. The number of nitrogens with zero attached hydrogens (tertiary/aromatic N) is 1. The molecule has 6 nitrogen and oxygen atoms in total. The van der Waals surface area contributed by atoms with Gasteiger partial charge in [-0.05, 0) is 55.9 Å². The highest BCUT2D eigenvalue weighted by atomic mass is 127. The third-order valence-electron chi connectivity index (χ3n) is 5.83. The van der Waals surface area contributed by atoms with Gasteiger partial charge in [0.05, 0.1) is 36.4 Å². The molecule has 2 heterocycles. The van der Waals surface area contributed by atoms with E-state index in [1.54, 1.807) is 25.2 Å². The molecule has 1 N–H and O–H groups in total. The SMILES string of the molecule is CI.COc1cccc2c1C(=O)N(C)C2(C)C.COc1cccc2c1C(=O)NC2(C)C. The summed E-state index contributed by atoms with van der Waals surface area (Å²) in [4.78, 5) is 27.4. The molecular weight excluding hydrogens is 507 g/mol. The molecule has 7 heteroatoms. The molecule has 0 saturated heterocycles. The largest absolute Gasteiger partial charge is 0.496 e. The molecule has 0 radical (unpaired) electrons. The number of fused-ring (bicyclic) bond motifs is 2. The highest BCUT2D eigenvalue weighted by molar-refractivity contribution is 14.1. The Bertz CT molecular complexity index is 986.